The van der Waals surface area contributed by atoms with E-state index in [0.29, 0.717) is 49.0 Å². The van der Waals surface area contributed by atoms with Gasteiger partial charge in [-0.3, -0.25) is 9.59 Å². The number of rotatable bonds is 12. The van der Waals surface area contributed by atoms with Gasteiger partial charge < -0.3 is 28.4 Å². The SMILES string of the molecule is CCOCCCN(CC(=O)N(Cc1ccc2c(c1)OCO2)Cc1ccco1)C(=O)c1ccc(F)cc1. The van der Waals surface area contributed by atoms with Crippen molar-refractivity contribution in [1.29, 1.82) is 0 Å². The summed E-state index contributed by atoms with van der Waals surface area (Å²) in [6, 6.07) is 14.4. The largest absolute Gasteiger partial charge is 0.467 e. The van der Waals surface area contributed by atoms with Crippen LogP contribution in [-0.2, 0) is 22.6 Å². The normalized spacial score (nSPS) is 11.9. The average Bonchev–Trinajstić information content (AvgIpc) is 3.57. The lowest BCUT2D eigenvalue weighted by Crippen LogP contribution is -2.43. The molecule has 0 saturated heterocycles. The molecule has 0 aliphatic carbocycles. The summed E-state index contributed by atoms with van der Waals surface area (Å²) in [7, 11) is 0. The molecular formula is C27H29FN2O6. The van der Waals surface area contributed by atoms with Crippen LogP contribution in [0.4, 0.5) is 4.39 Å². The first-order chi connectivity index (χ1) is 17.5. The number of nitrogens with zero attached hydrogens (tertiary/aromatic N) is 2. The van der Waals surface area contributed by atoms with Gasteiger partial charge in [-0.1, -0.05) is 6.07 Å². The fourth-order valence-electron chi connectivity index (χ4n) is 3.88. The van der Waals surface area contributed by atoms with Crippen molar-refractivity contribution in [3.05, 3.63) is 83.6 Å². The minimum atomic E-state index is -0.432. The summed E-state index contributed by atoms with van der Waals surface area (Å²) in [6.45, 7) is 3.78. The van der Waals surface area contributed by atoms with Crippen molar-refractivity contribution < 1.29 is 32.6 Å². The van der Waals surface area contributed by atoms with Gasteiger partial charge in [-0.15, -0.1) is 0 Å². The van der Waals surface area contributed by atoms with Crippen molar-refractivity contribution in [2.75, 3.05) is 33.1 Å². The lowest BCUT2D eigenvalue weighted by atomic mass is 10.1. The predicted molar refractivity (Wildman–Crippen MR) is 129 cm³/mol. The van der Waals surface area contributed by atoms with Crippen LogP contribution in [0.25, 0.3) is 0 Å². The second-order valence-corrected chi connectivity index (χ2v) is 8.30. The van der Waals surface area contributed by atoms with Crippen LogP contribution in [0.5, 0.6) is 11.5 Å². The van der Waals surface area contributed by atoms with Crippen molar-refractivity contribution in [3.63, 3.8) is 0 Å². The number of ether oxygens (including phenoxy) is 3. The van der Waals surface area contributed by atoms with E-state index >= 15 is 0 Å². The minimum absolute atomic E-state index is 0.145. The van der Waals surface area contributed by atoms with E-state index in [4.69, 9.17) is 18.6 Å². The molecule has 9 heteroatoms. The molecule has 4 rings (SSSR count). The van der Waals surface area contributed by atoms with Gasteiger partial charge in [0, 0.05) is 31.9 Å². The first-order valence-corrected chi connectivity index (χ1v) is 11.8. The maximum Gasteiger partial charge on any atom is 0.254 e. The number of fused-ring (bicyclic) bond motifs is 1. The van der Waals surface area contributed by atoms with Crippen LogP contribution in [0.1, 0.15) is 35.0 Å². The van der Waals surface area contributed by atoms with E-state index in [-0.39, 0.29) is 38.2 Å². The Morgan fingerprint density at radius 2 is 1.81 bits per heavy atom. The third kappa shape index (κ3) is 6.63. The lowest BCUT2D eigenvalue weighted by Gasteiger charge is -2.27. The Hall–Kier alpha value is -3.85. The summed E-state index contributed by atoms with van der Waals surface area (Å²) in [5, 5.41) is 0. The van der Waals surface area contributed by atoms with E-state index in [1.807, 2.05) is 25.1 Å². The van der Waals surface area contributed by atoms with Crippen LogP contribution in [0.2, 0.25) is 0 Å². The zero-order valence-electron chi connectivity index (χ0n) is 20.2. The third-order valence-corrected chi connectivity index (χ3v) is 5.72. The molecule has 0 fully saturated rings. The number of hydrogen-bond donors (Lipinski definition) is 0. The molecular weight excluding hydrogens is 467 g/mol. The first kappa shape index (κ1) is 25.2. The molecule has 3 aromatic rings. The molecule has 0 unspecified atom stereocenters. The summed E-state index contributed by atoms with van der Waals surface area (Å²) in [4.78, 5) is 29.9. The van der Waals surface area contributed by atoms with Crippen LogP contribution in [0.3, 0.4) is 0 Å². The molecule has 1 aliphatic heterocycles. The minimum Gasteiger partial charge on any atom is -0.467 e. The number of carbonyl (C=O) groups is 2. The lowest BCUT2D eigenvalue weighted by molar-refractivity contribution is -0.133. The molecule has 0 N–H and O–H groups in total. The average molecular weight is 497 g/mol. The Labute approximate surface area is 209 Å². The summed E-state index contributed by atoms with van der Waals surface area (Å²) < 4.78 is 35.1. The highest BCUT2D eigenvalue weighted by molar-refractivity contribution is 5.96. The van der Waals surface area contributed by atoms with Gasteiger partial charge >= 0.3 is 0 Å². The molecule has 2 aromatic carbocycles. The number of hydrogen-bond acceptors (Lipinski definition) is 6. The predicted octanol–water partition coefficient (Wildman–Crippen LogP) is 4.25. The molecule has 1 aromatic heterocycles. The Balaban J connectivity index is 1.51. The molecule has 0 saturated carbocycles. The molecule has 0 spiro atoms. The van der Waals surface area contributed by atoms with Gasteiger partial charge in [-0.25, -0.2) is 4.39 Å². The summed E-state index contributed by atoms with van der Waals surface area (Å²) in [6.07, 6.45) is 2.12. The van der Waals surface area contributed by atoms with Crippen LogP contribution >= 0.6 is 0 Å². The van der Waals surface area contributed by atoms with Crippen molar-refractivity contribution >= 4 is 11.8 Å². The van der Waals surface area contributed by atoms with Gasteiger partial charge in [-0.05, 0) is 67.4 Å². The fraction of sp³-hybridized carbons (Fsp3) is 0.333. The topological polar surface area (TPSA) is 81.5 Å². The molecule has 1 aliphatic rings. The van der Waals surface area contributed by atoms with Crippen LogP contribution < -0.4 is 9.47 Å². The zero-order valence-corrected chi connectivity index (χ0v) is 20.2. The number of halogens is 1. The molecule has 2 heterocycles. The van der Waals surface area contributed by atoms with Crippen LogP contribution in [-0.4, -0.2) is 54.7 Å². The number of furan rings is 1. The first-order valence-electron chi connectivity index (χ1n) is 11.8. The quantitative estimate of drug-likeness (QED) is 0.349. The summed E-state index contributed by atoms with van der Waals surface area (Å²) in [5.74, 6) is 0.877. The second kappa shape index (κ2) is 12.2. The van der Waals surface area contributed by atoms with Gasteiger partial charge in [0.2, 0.25) is 12.7 Å². The van der Waals surface area contributed by atoms with Crippen molar-refractivity contribution in [3.8, 4) is 11.5 Å². The number of amides is 2. The Morgan fingerprint density at radius 1 is 1.00 bits per heavy atom. The number of carbonyl (C=O) groups excluding carboxylic acids is 2. The van der Waals surface area contributed by atoms with E-state index < -0.39 is 5.82 Å². The second-order valence-electron chi connectivity index (χ2n) is 8.30. The highest BCUT2D eigenvalue weighted by Gasteiger charge is 2.24. The monoisotopic (exact) mass is 496 g/mol. The Bertz CT molecular complexity index is 1150. The molecule has 8 nitrogen and oxygen atoms in total. The molecule has 0 atom stereocenters. The van der Waals surface area contributed by atoms with Gasteiger partial charge in [0.15, 0.2) is 11.5 Å². The fourth-order valence-corrected chi connectivity index (χ4v) is 3.88. The van der Waals surface area contributed by atoms with E-state index in [1.165, 1.54) is 29.2 Å². The van der Waals surface area contributed by atoms with E-state index in [2.05, 4.69) is 0 Å². The molecule has 190 valence electrons. The molecule has 0 radical (unpaired) electrons. The van der Waals surface area contributed by atoms with Gasteiger partial charge in [-0.2, -0.15) is 0 Å². The third-order valence-electron chi connectivity index (χ3n) is 5.72. The van der Waals surface area contributed by atoms with Crippen LogP contribution in [0.15, 0.2) is 65.3 Å². The van der Waals surface area contributed by atoms with Crippen LogP contribution in [0, 0.1) is 5.82 Å². The molecule has 2 amide bonds. The molecule has 0 bridgehead atoms. The maximum absolute atomic E-state index is 13.5. The standard InChI is InChI=1S/C27H29FN2O6/c1-2-33-13-4-12-29(27(32)21-7-9-22(28)10-8-21)18-26(31)30(17-23-5-3-14-34-23)16-20-6-11-24-25(15-20)36-19-35-24/h3,5-11,14-15H,2,4,12-13,16-19H2,1H3. The highest BCUT2D eigenvalue weighted by atomic mass is 19.1. The maximum atomic E-state index is 13.5. The van der Waals surface area contributed by atoms with Gasteiger partial charge in [0.25, 0.3) is 5.91 Å². The number of benzene rings is 2. The Kier molecular flexibility index (Phi) is 8.57. The van der Waals surface area contributed by atoms with Crippen molar-refractivity contribution in [2.45, 2.75) is 26.4 Å². The highest BCUT2D eigenvalue weighted by Crippen LogP contribution is 2.33. The van der Waals surface area contributed by atoms with E-state index in [0.717, 1.165) is 5.56 Å². The van der Waals surface area contributed by atoms with Gasteiger partial charge in [0.1, 0.15) is 18.1 Å². The van der Waals surface area contributed by atoms with E-state index in [1.54, 1.807) is 23.3 Å². The van der Waals surface area contributed by atoms with Gasteiger partial charge in [0.05, 0.1) is 12.8 Å². The van der Waals surface area contributed by atoms with Crippen molar-refractivity contribution in [1.82, 2.24) is 9.80 Å². The summed E-state index contributed by atoms with van der Waals surface area (Å²) >= 11 is 0. The molecule has 36 heavy (non-hydrogen) atoms. The van der Waals surface area contributed by atoms with E-state index in [9.17, 15) is 14.0 Å². The zero-order chi connectivity index (χ0) is 25.3. The Morgan fingerprint density at radius 3 is 2.56 bits per heavy atom. The smallest absolute Gasteiger partial charge is 0.254 e. The van der Waals surface area contributed by atoms with Crippen molar-refractivity contribution in [2.24, 2.45) is 0 Å². The summed E-state index contributed by atoms with van der Waals surface area (Å²) in [5.41, 5.74) is 1.17.